The Labute approximate surface area is 134 Å². The molecule has 1 N–H and O–H groups in total. The molecular formula is C15H22BrN5. The molecule has 1 unspecified atom stereocenters. The zero-order valence-corrected chi connectivity index (χ0v) is 14.4. The SMILES string of the molecule is CCNC(Cc1c(Br)c(CC)nn1CC)c1cncnc1. The van der Waals surface area contributed by atoms with Crippen LogP contribution in [0.5, 0.6) is 0 Å². The van der Waals surface area contributed by atoms with Crippen LogP contribution in [0.4, 0.5) is 0 Å². The summed E-state index contributed by atoms with van der Waals surface area (Å²) in [6.45, 7) is 8.14. The summed E-state index contributed by atoms with van der Waals surface area (Å²) in [6, 6.07) is 0.194. The van der Waals surface area contributed by atoms with Gasteiger partial charge in [0.25, 0.3) is 0 Å². The smallest absolute Gasteiger partial charge is 0.115 e. The second kappa shape index (κ2) is 7.66. The molecule has 2 rings (SSSR count). The molecule has 0 radical (unpaired) electrons. The van der Waals surface area contributed by atoms with E-state index in [1.54, 1.807) is 6.33 Å². The van der Waals surface area contributed by atoms with Crippen molar-refractivity contribution in [3.05, 3.63) is 40.1 Å². The molecule has 0 spiro atoms. The highest BCUT2D eigenvalue weighted by Crippen LogP contribution is 2.27. The van der Waals surface area contributed by atoms with Crippen LogP contribution in [0.3, 0.4) is 0 Å². The van der Waals surface area contributed by atoms with Crippen LogP contribution in [0.1, 0.15) is 43.8 Å². The molecule has 0 bridgehead atoms. The van der Waals surface area contributed by atoms with Crippen molar-refractivity contribution in [2.24, 2.45) is 0 Å². The maximum atomic E-state index is 4.66. The summed E-state index contributed by atoms with van der Waals surface area (Å²) >= 11 is 3.71. The predicted molar refractivity (Wildman–Crippen MR) is 87.1 cm³/mol. The fourth-order valence-corrected chi connectivity index (χ4v) is 3.18. The Morgan fingerprint density at radius 2 is 1.95 bits per heavy atom. The van der Waals surface area contributed by atoms with E-state index in [0.29, 0.717) is 0 Å². The maximum Gasteiger partial charge on any atom is 0.115 e. The first-order chi connectivity index (χ1) is 10.2. The summed E-state index contributed by atoms with van der Waals surface area (Å²) < 4.78 is 3.21. The number of halogens is 1. The first-order valence-corrected chi connectivity index (χ1v) is 8.22. The van der Waals surface area contributed by atoms with Gasteiger partial charge in [0.1, 0.15) is 6.33 Å². The van der Waals surface area contributed by atoms with E-state index in [2.05, 4.69) is 61.8 Å². The first kappa shape index (κ1) is 16.1. The van der Waals surface area contributed by atoms with E-state index in [-0.39, 0.29) is 6.04 Å². The van der Waals surface area contributed by atoms with E-state index in [1.807, 2.05) is 12.4 Å². The molecule has 2 aromatic heterocycles. The topological polar surface area (TPSA) is 55.6 Å². The van der Waals surface area contributed by atoms with Crippen LogP contribution in [-0.4, -0.2) is 26.3 Å². The molecule has 5 nitrogen and oxygen atoms in total. The van der Waals surface area contributed by atoms with E-state index >= 15 is 0 Å². The van der Waals surface area contributed by atoms with Crippen LogP contribution >= 0.6 is 15.9 Å². The molecule has 0 amide bonds. The van der Waals surface area contributed by atoms with Crippen molar-refractivity contribution in [1.29, 1.82) is 0 Å². The molecular weight excluding hydrogens is 330 g/mol. The van der Waals surface area contributed by atoms with Gasteiger partial charge >= 0.3 is 0 Å². The Morgan fingerprint density at radius 3 is 2.52 bits per heavy atom. The number of hydrogen-bond donors (Lipinski definition) is 1. The minimum absolute atomic E-state index is 0.194. The minimum atomic E-state index is 0.194. The van der Waals surface area contributed by atoms with E-state index in [0.717, 1.165) is 41.7 Å². The lowest BCUT2D eigenvalue weighted by molar-refractivity contribution is 0.512. The van der Waals surface area contributed by atoms with E-state index < -0.39 is 0 Å². The molecule has 114 valence electrons. The lowest BCUT2D eigenvalue weighted by atomic mass is 10.0. The zero-order valence-electron chi connectivity index (χ0n) is 12.8. The predicted octanol–water partition coefficient (Wildman–Crippen LogP) is 2.91. The van der Waals surface area contributed by atoms with E-state index in [4.69, 9.17) is 0 Å². The summed E-state index contributed by atoms with van der Waals surface area (Å²) in [4.78, 5) is 8.26. The minimum Gasteiger partial charge on any atom is -0.310 e. The Kier molecular flexibility index (Phi) is 5.87. The van der Waals surface area contributed by atoms with Crippen molar-refractivity contribution >= 4 is 15.9 Å². The van der Waals surface area contributed by atoms with Crippen LogP contribution in [0, 0.1) is 0 Å². The molecule has 0 aromatic carbocycles. The molecule has 0 aliphatic carbocycles. The summed E-state index contributed by atoms with van der Waals surface area (Å²) in [7, 11) is 0. The monoisotopic (exact) mass is 351 g/mol. The lowest BCUT2D eigenvalue weighted by Crippen LogP contribution is -2.24. The molecule has 6 heteroatoms. The van der Waals surface area contributed by atoms with Crippen molar-refractivity contribution < 1.29 is 0 Å². The molecule has 21 heavy (non-hydrogen) atoms. The average Bonchev–Trinajstić information content (AvgIpc) is 2.83. The van der Waals surface area contributed by atoms with Gasteiger partial charge in [-0.25, -0.2) is 9.97 Å². The number of nitrogens with zero attached hydrogens (tertiary/aromatic N) is 4. The first-order valence-electron chi connectivity index (χ1n) is 7.43. The van der Waals surface area contributed by atoms with Gasteiger partial charge in [0.05, 0.1) is 15.9 Å². The normalized spacial score (nSPS) is 12.6. The van der Waals surface area contributed by atoms with Gasteiger partial charge in [-0.3, -0.25) is 4.68 Å². The Hall–Kier alpha value is -1.27. The van der Waals surface area contributed by atoms with Gasteiger partial charge < -0.3 is 5.32 Å². The fourth-order valence-electron chi connectivity index (χ4n) is 2.45. The number of nitrogens with one attached hydrogen (secondary N) is 1. The van der Waals surface area contributed by atoms with Crippen LogP contribution in [0.2, 0.25) is 0 Å². The van der Waals surface area contributed by atoms with Crippen molar-refractivity contribution in [2.45, 2.75) is 46.2 Å². The molecule has 0 aliphatic heterocycles. The van der Waals surface area contributed by atoms with Crippen LogP contribution < -0.4 is 5.32 Å². The lowest BCUT2D eigenvalue weighted by Gasteiger charge is -2.18. The zero-order chi connectivity index (χ0) is 15.2. The summed E-state index contributed by atoms with van der Waals surface area (Å²) in [5, 5.41) is 8.18. The number of likely N-dealkylation sites (N-methyl/N-ethyl adjacent to an activating group) is 1. The fraction of sp³-hybridized carbons (Fsp3) is 0.533. The summed E-state index contributed by atoms with van der Waals surface area (Å²) in [5.74, 6) is 0. The van der Waals surface area contributed by atoms with Crippen molar-refractivity contribution in [1.82, 2.24) is 25.1 Å². The Bertz CT molecular complexity index is 567. The van der Waals surface area contributed by atoms with Gasteiger partial charge in [-0.1, -0.05) is 13.8 Å². The van der Waals surface area contributed by atoms with Gasteiger partial charge in [0.15, 0.2) is 0 Å². The largest absolute Gasteiger partial charge is 0.310 e. The number of aryl methyl sites for hydroxylation is 2. The Balaban J connectivity index is 2.31. The molecule has 0 fully saturated rings. The second-order valence-corrected chi connectivity index (χ2v) is 5.66. The number of aromatic nitrogens is 4. The standard InChI is InChI=1S/C15H22BrN5/c1-4-12-15(16)14(21(6-3)20-12)7-13(19-5-2)11-8-17-10-18-9-11/h8-10,13,19H,4-7H2,1-3H3. The second-order valence-electron chi connectivity index (χ2n) is 4.86. The van der Waals surface area contributed by atoms with E-state index in [9.17, 15) is 0 Å². The molecule has 1 atom stereocenters. The van der Waals surface area contributed by atoms with Gasteiger partial charge in [0.2, 0.25) is 0 Å². The summed E-state index contributed by atoms with van der Waals surface area (Å²) in [5.41, 5.74) is 3.45. The van der Waals surface area contributed by atoms with Gasteiger partial charge in [-0.05, 0) is 35.8 Å². The third-order valence-electron chi connectivity index (χ3n) is 3.53. The maximum absolute atomic E-state index is 4.66. The molecule has 2 aromatic rings. The third kappa shape index (κ3) is 3.68. The molecule has 0 saturated heterocycles. The summed E-state index contributed by atoms with van der Waals surface area (Å²) in [6.07, 6.45) is 7.11. The highest BCUT2D eigenvalue weighted by molar-refractivity contribution is 9.10. The number of rotatable bonds is 7. The third-order valence-corrected chi connectivity index (χ3v) is 4.44. The van der Waals surface area contributed by atoms with Crippen LogP contribution in [-0.2, 0) is 19.4 Å². The van der Waals surface area contributed by atoms with Gasteiger partial charge in [-0.15, -0.1) is 0 Å². The van der Waals surface area contributed by atoms with E-state index in [1.165, 1.54) is 5.69 Å². The van der Waals surface area contributed by atoms with Crippen LogP contribution in [0.15, 0.2) is 23.2 Å². The van der Waals surface area contributed by atoms with Crippen molar-refractivity contribution in [3.8, 4) is 0 Å². The van der Waals surface area contributed by atoms with Crippen molar-refractivity contribution in [2.75, 3.05) is 6.54 Å². The Morgan fingerprint density at radius 1 is 1.24 bits per heavy atom. The molecule has 2 heterocycles. The molecule has 0 saturated carbocycles. The van der Waals surface area contributed by atoms with Gasteiger partial charge in [0, 0.05) is 37.0 Å². The van der Waals surface area contributed by atoms with Crippen molar-refractivity contribution in [3.63, 3.8) is 0 Å². The van der Waals surface area contributed by atoms with Crippen LogP contribution in [0.25, 0.3) is 0 Å². The highest BCUT2D eigenvalue weighted by atomic mass is 79.9. The van der Waals surface area contributed by atoms with Gasteiger partial charge in [-0.2, -0.15) is 5.10 Å². The highest BCUT2D eigenvalue weighted by Gasteiger charge is 2.19. The number of hydrogen-bond acceptors (Lipinski definition) is 4. The quantitative estimate of drug-likeness (QED) is 0.833. The average molecular weight is 352 g/mol. The molecule has 0 aliphatic rings.